The summed E-state index contributed by atoms with van der Waals surface area (Å²) in [6.45, 7) is 1.17. The minimum Gasteiger partial charge on any atom is -0.487 e. The van der Waals surface area contributed by atoms with Gasteiger partial charge in [0.1, 0.15) is 11.6 Å². The zero-order chi connectivity index (χ0) is 17.9. The molecule has 0 aromatic heterocycles. The molecule has 0 aliphatic rings. The molecule has 0 unspecified atom stereocenters. The van der Waals surface area contributed by atoms with Gasteiger partial charge in [-0.1, -0.05) is 34.5 Å². The number of nitrogens with one attached hydrogen (secondary N) is 1. The van der Waals surface area contributed by atoms with Gasteiger partial charge >= 0.3 is 0 Å². The lowest BCUT2D eigenvalue weighted by molar-refractivity contribution is 0.325. The highest BCUT2D eigenvalue weighted by atomic mass is 19.1. The average molecular weight is 341 g/mol. The van der Waals surface area contributed by atoms with E-state index in [0.29, 0.717) is 24.4 Å². The highest BCUT2D eigenvalue weighted by Crippen LogP contribution is 2.21. The molecule has 0 spiro atoms. The molecule has 0 saturated carbocycles. The Morgan fingerprint density at radius 3 is 2.36 bits per heavy atom. The van der Waals surface area contributed by atoms with Crippen molar-refractivity contribution in [3.05, 3.63) is 85.9 Å². The van der Waals surface area contributed by atoms with Gasteiger partial charge in [0.15, 0.2) is 6.73 Å². The summed E-state index contributed by atoms with van der Waals surface area (Å²) < 4.78 is 18.2. The molecule has 0 bridgehead atoms. The number of hydrogen-bond donors (Lipinski definition) is 1. The molecule has 128 valence electrons. The maximum Gasteiger partial charge on any atom is 0.167 e. The van der Waals surface area contributed by atoms with Crippen molar-refractivity contribution in [2.75, 3.05) is 6.73 Å². The topological polar surface area (TPSA) is 119 Å². The zero-order valence-electron chi connectivity index (χ0n) is 13.3. The first-order chi connectivity index (χ1) is 12.2. The van der Waals surface area contributed by atoms with E-state index in [1.54, 1.807) is 18.2 Å². The summed E-state index contributed by atoms with van der Waals surface area (Å²) in [4.78, 5) is 5.37. The molecule has 0 aliphatic carbocycles. The van der Waals surface area contributed by atoms with Gasteiger partial charge in [0.05, 0.1) is 6.54 Å². The number of rotatable bonds is 9. The van der Waals surface area contributed by atoms with Gasteiger partial charge in [-0.25, -0.2) is 4.39 Å². The minimum atomic E-state index is -0.261. The van der Waals surface area contributed by atoms with Gasteiger partial charge in [-0.05, 0) is 40.4 Å². The third-order valence-corrected chi connectivity index (χ3v) is 3.34. The second kappa shape index (κ2) is 9.79. The van der Waals surface area contributed by atoms with E-state index in [9.17, 15) is 4.39 Å². The van der Waals surface area contributed by atoms with Crippen molar-refractivity contribution in [2.24, 2.45) is 10.2 Å². The Kier molecular flexibility index (Phi) is 7.09. The van der Waals surface area contributed by atoms with Crippen LogP contribution >= 0.6 is 0 Å². The van der Waals surface area contributed by atoms with E-state index in [1.165, 1.54) is 12.1 Å². The zero-order valence-corrected chi connectivity index (χ0v) is 13.3. The molecule has 25 heavy (non-hydrogen) atoms. The molecule has 9 heteroatoms. The summed E-state index contributed by atoms with van der Waals surface area (Å²) in [5, 5.41) is 10.1. The number of azide groups is 2. The summed E-state index contributed by atoms with van der Waals surface area (Å²) in [7, 11) is 0. The fourth-order valence-corrected chi connectivity index (χ4v) is 2.19. The molecule has 0 fully saturated rings. The van der Waals surface area contributed by atoms with E-state index in [1.807, 2.05) is 12.1 Å². The first-order valence-corrected chi connectivity index (χ1v) is 7.44. The number of ether oxygens (including phenoxy) is 1. The standard InChI is InChI=1S/C16H16FN7O/c17-15-4-1-12(2-5-15)8-20-9-13-3-6-16(25-11-22-24-19)14(7-13)10-21-23-18/h1-7,20H,8-11H2. The summed E-state index contributed by atoms with van der Waals surface area (Å²) in [6.07, 6.45) is 0. The van der Waals surface area contributed by atoms with Crippen LogP contribution in [0, 0.1) is 5.82 Å². The van der Waals surface area contributed by atoms with Crippen molar-refractivity contribution in [1.29, 1.82) is 0 Å². The fourth-order valence-electron chi connectivity index (χ4n) is 2.19. The molecule has 2 aromatic rings. The average Bonchev–Trinajstić information content (AvgIpc) is 2.63. The number of hydrogen-bond acceptors (Lipinski definition) is 4. The van der Waals surface area contributed by atoms with Gasteiger partial charge in [-0.15, -0.1) is 0 Å². The highest BCUT2D eigenvalue weighted by Gasteiger charge is 2.05. The molecule has 0 atom stereocenters. The normalized spacial score (nSPS) is 9.80. The molecule has 0 radical (unpaired) electrons. The lowest BCUT2D eigenvalue weighted by Crippen LogP contribution is -2.13. The van der Waals surface area contributed by atoms with Gasteiger partial charge < -0.3 is 10.1 Å². The SMILES string of the molecule is [N-]=[N+]=NCOc1ccc(CNCc2ccc(F)cc2)cc1CN=[N+]=[N-]. The van der Waals surface area contributed by atoms with Crippen molar-refractivity contribution in [1.82, 2.24) is 5.32 Å². The van der Waals surface area contributed by atoms with Crippen LogP contribution in [-0.4, -0.2) is 6.73 Å². The van der Waals surface area contributed by atoms with Crippen molar-refractivity contribution >= 4 is 0 Å². The largest absolute Gasteiger partial charge is 0.487 e. The molecule has 0 saturated heterocycles. The lowest BCUT2D eigenvalue weighted by atomic mass is 10.1. The molecular formula is C16H16FN7O. The van der Waals surface area contributed by atoms with Crippen LogP contribution in [0.4, 0.5) is 4.39 Å². The maximum atomic E-state index is 12.9. The quantitative estimate of drug-likeness (QED) is 0.408. The Hall–Kier alpha value is -3.25. The summed E-state index contributed by atoms with van der Waals surface area (Å²) in [5.41, 5.74) is 19.4. The summed E-state index contributed by atoms with van der Waals surface area (Å²) in [6, 6.07) is 11.8. The van der Waals surface area contributed by atoms with Gasteiger partial charge in [0.25, 0.3) is 0 Å². The molecule has 0 amide bonds. The number of nitrogens with zero attached hydrogens (tertiary/aromatic N) is 6. The lowest BCUT2D eigenvalue weighted by Gasteiger charge is -2.11. The van der Waals surface area contributed by atoms with Crippen molar-refractivity contribution < 1.29 is 9.13 Å². The van der Waals surface area contributed by atoms with Gasteiger partial charge in [0.2, 0.25) is 0 Å². The second-order valence-electron chi connectivity index (χ2n) is 5.07. The minimum absolute atomic E-state index is 0.133. The van der Waals surface area contributed by atoms with Crippen LogP contribution in [0.2, 0.25) is 0 Å². The molecule has 1 N–H and O–H groups in total. The van der Waals surface area contributed by atoms with E-state index < -0.39 is 0 Å². The first kappa shape index (κ1) is 18.1. The third kappa shape index (κ3) is 6.04. The smallest absolute Gasteiger partial charge is 0.167 e. The number of benzene rings is 2. The monoisotopic (exact) mass is 341 g/mol. The van der Waals surface area contributed by atoms with Crippen LogP contribution in [0.5, 0.6) is 5.75 Å². The predicted octanol–water partition coefficient (Wildman–Crippen LogP) is 4.57. The van der Waals surface area contributed by atoms with Crippen molar-refractivity contribution in [3.63, 3.8) is 0 Å². The Bertz CT molecular complexity index is 797. The molecular weight excluding hydrogens is 325 g/mol. The molecule has 2 rings (SSSR count). The molecule has 0 aliphatic heterocycles. The maximum absolute atomic E-state index is 12.9. The van der Waals surface area contributed by atoms with E-state index in [0.717, 1.165) is 11.1 Å². The van der Waals surface area contributed by atoms with E-state index in [4.69, 9.17) is 15.8 Å². The van der Waals surface area contributed by atoms with Crippen LogP contribution in [0.25, 0.3) is 20.9 Å². The summed E-state index contributed by atoms with van der Waals surface area (Å²) >= 11 is 0. The fraction of sp³-hybridized carbons (Fsp3) is 0.250. The van der Waals surface area contributed by atoms with Crippen molar-refractivity contribution in [2.45, 2.75) is 19.6 Å². The Morgan fingerprint density at radius 2 is 1.64 bits per heavy atom. The second-order valence-corrected chi connectivity index (χ2v) is 5.07. The highest BCUT2D eigenvalue weighted by molar-refractivity contribution is 5.37. The first-order valence-electron chi connectivity index (χ1n) is 7.44. The molecule has 0 heterocycles. The van der Waals surface area contributed by atoms with Crippen molar-refractivity contribution in [3.8, 4) is 5.75 Å². The van der Waals surface area contributed by atoms with Crippen LogP contribution in [0.15, 0.2) is 52.7 Å². The summed E-state index contributed by atoms with van der Waals surface area (Å²) in [5.74, 6) is 0.241. The predicted molar refractivity (Wildman–Crippen MR) is 90.9 cm³/mol. The van der Waals surface area contributed by atoms with Crippen LogP contribution in [0.3, 0.4) is 0 Å². The number of halogens is 1. The van der Waals surface area contributed by atoms with Gasteiger partial charge in [0, 0.05) is 28.5 Å². The van der Waals surface area contributed by atoms with Crippen LogP contribution < -0.4 is 10.1 Å². The Balaban J connectivity index is 2.00. The molecule has 2 aromatic carbocycles. The van der Waals surface area contributed by atoms with E-state index >= 15 is 0 Å². The van der Waals surface area contributed by atoms with E-state index in [2.05, 4.69) is 25.4 Å². The van der Waals surface area contributed by atoms with Gasteiger partial charge in [-0.3, -0.25) is 0 Å². The Morgan fingerprint density at radius 1 is 0.960 bits per heavy atom. The van der Waals surface area contributed by atoms with Gasteiger partial charge in [-0.2, -0.15) is 0 Å². The molecule has 8 nitrogen and oxygen atoms in total. The van der Waals surface area contributed by atoms with E-state index in [-0.39, 0.29) is 19.1 Å². The van der Waals surface area contributed by atoms with Crippen LogP contribution in [-0.2, 0) is 19.6 Å². The third-order valence-electron chi connectivity index (χ3n) is 3.34. The Labute approximate surface area is 143 Å². The van der Waals surface area contributed by atoms with Crippen LogP contribution in [0.1, 0.15) is 16.7 Å².